The Morgan fingerprint density at radius 3 is 1.00 bits per heavy atom. The molecular formula is C34H34N4O4+2. The van der Waals surface area contributed by atoms with Gasteiger partial charge in [-0.3, -0.25) is 29.0 Å². The lowest BCUT2D eigenvalue weighted by Crippen LogP contribution is -3.05. The van der Waals surface area contributed by atoms with E-state index in [9.17, 15) is 19.2 Å². The molecule has 0 aromatic heterocycles. The molecule has 4 amide bonds. The summed E-state index contributed by atoms with van der Waals surface area (Å²) in [7, 11) is 8.22. The number of carbonyl (C=O) groups excluding carboxylic acids is 4. The molecule has 2 aliphatic rings. The molecule has 2 heterocycles. The highest BCUT2D eigenvalue weighted by atomic mass is 16.2. The van der Waals surface area contributed by atoms with Gasteiger partial charge in [-0.25, -0.2) is 0 Å². The largest absolute Gasteiger partial charge is 0.340 e. The van der Waals surface area contributed by atoms with Crippen LogP contribution in [-0.4, -0.2) is 87.8 Å². The van der Waals surface area contributed by atoms with Gasteiger partial charge in [-0.15, -0.1) is 0 Å². The molecule has 0 aliphatic carbocycles. The van der Waals surface area contributed by atoms with Gasteiger partial charge in [0.15, 0.2) is 0 Å². The highest BCUT2D eigenvalue weighted by Gasteiger charge is 2.36. The van der Waals surface area contributed by atoms with Gasteiger partial charge in [-0.2, -0.15) is 0 Å². The van der Waals surface area contributed by atoms with Gasteiger partial charge in [0.1, 0.15) is 0 Å². The Labute approximate surface area is 243 Å². The van der Waals surface area contributed by atoms with Gasteiger partial charge in [0.25, 0.3) is 23.6 Å². The van der Waals surface area contributed by atoms with E-state index in [0.717, 1.165) is 58.2 Å². The van der Waals surface area contributed by atoms with Crippen molar-refractivity contribution in [3.8, 4) is 0 Å². The van der Waals surface area contributed by atoms with Crippen LogP contribution in [0.25, 0.3) is 43.1 Å². The second kappa shape index (κ2) is 9.58. The molecule has 0 fully saturated rings. The van der Waals surface area contributed by atoms with Crippen LogP contribution in [0.4, 0.5) is 0 Å². The molecule has 0 saturated carbocycles. The first-order valence-corrected chi connectivity index (χ1v) is 14.7. The number of rotatable bonds is 8. The van der Waals surface area contributed by atoms with Gasteiger partial charge in [-0.05, 0) is 56.6 Å². The third-order valence-corrected chi connectivity index (χ3v) is 8.92. The standard InChI is InChI=1S/C34H32N4O4/c1-35(2)15-5-17-37-31(39)23-11-7-19-21-9-13-25-30-26(34(42)38(33(25)41)18-6-16-36(3)4)14-10-22(28(21)30)20-8-12-24(32(37)40)29(23)27(19)20/h7-14H,5-6,15-18H2,1-4H3/p+2. The van der Waals surface area contributed by atoms with E-state index < -0.39 is 0 Å². The zero-order chi connectivity index (χ0) is 29.4. The van der Waals surface area contributed by atoms with E-state index in [4.69, 9.17) is 0 Å². The zero-order valence-corrected chi connectivity index (χ0v) is 24.4. The molecule has 2 aliphatic heterocycles. The zero-order valence-electron chi connectivity index (χ0n) is 24.4. The van der Waals surface area contributed by atoms with E-state index in [1.54, 1.807) is 0 Å². The number of imide groups is 2. The van der Waals surface area contributed by atoms with Crippen molar-refractivity contribution >= 4 is 66.7 Å². The van der Waals surface area contributed by atoms with E-state index >= 15 is 0 Å². The van der Waals surface area contributed by atoms with Crippen LogP contribution in [0.1, 0.15) is 54.3 Å². The number of fused-ring (bicyclic) bond motifs is 2. The number of amides is 4. The molecule has 5 aromatic rings. The topological polar surface area (TPSA) is 83.6 Å². The summed E-state index contributed by atoms with van der Waals surface area (Å²) >= 11 is 0. The van der Waals surface area contributed by atoms with Gasteiger partial charge in [0.05, 0.1) is 41.3 Å². The van der Waals surface area contributed by atoms with Gasteiger partial charge in [0.2, 0.25) is 0 Å². The van der Waals surface area contributed by atoms with Crippen LogP contribution in [0.5, 0.6) is 0 Å². The second-order valence-corrected chi connectivity index (χ2v) is 12.3. The van der Waals surface area contributed by atoms with Crippen LogP contribution in [0.2, 0.25) is 0 Å². The van der Waals surface area contributed by atoms with Crippen LogP contribution in [0.15, 0.2) is 48.5 Å². The quantitative estimate of drug-likeness (QED) is 0.172. The summed E-state index contributed by atoms with van der Waals surface area (Å²) in [6.45, 7) is 2.50. The Balaban J connectivity index is 1.42. The van der Waals surface area contributed by atoms with Gasteiger partial charge in [-0.1, -0.05) is 24.3 Å². The molecule has 42 heavy (non-hydrogen) atoms. The van der Waals surface area contributed by atoms with Gasteiger partial charge >= 0.3 is 0 Å². The second-order valence-electron chi connectivity index (χ2n) is 12.3. The molecule has 0 saturated heterocycles. The van der Waals surface area contributed by atoms with Crippen molar-refractivity contribution in [1.29, 1.82) is 0 Å². The number of nitrogens with one attached hydrogen (secondary N) is 2. The van der Waals surface area contributed by atoms with Crippen molar-refractivity contribution in [2.24, 2.45) is 0 Å². The summed E-state index contributed by atoms with van der Waals surface area (Å²) in [4.78, 5) is 59.8. The van der Waals surface area contributed by atoms with Crippen molar-refractivity contribution in [3.63, 3.8) is 0 Å². The van der Waals surface area contributed by atoms with Crippen LogP contribution in [-0.2, 0) is 0 Å². The molecule has 8 heteroatoms. The molecule has 0 radical (unpaired) electrons. The summed E-state index contributed by atoms with van der Waals surface area (Å²) in [5.74, 6) is -1.03. The van der Waals surface area contributed by atoms with Gasteiger partial charge in [0, 0.05) is 59.0 Å². The number of hydrogen-bond donors (Lipinski definition) is 2. The average molecular weight is 563 g/mol. The third-order valence-electron chi connectivity index (χ3n) is 8.92. The summed E-state index contributed by atoms with van der Waals surface area (Å²) in [5, 5.41) is 6.75. The lowest BCUT2D eigenvalue weighted by atomic mass is 9.82. The molecule has 0 spiro atoms. The Morgan fingerprint density at radius 1 is 0.452 bits per heavy atom. The number of quaternary nitrogens is 2. The molecule has 0 atom stereocenters. The fraction of sp³-hybridized carbons (Fsp3) is 0.294. The van der Waals surface area contributed by atoms with Gasteiger partial charge < -0.3 is 9.80 Å². The maximum absolute atomic E-state index is 13.6. The van der Waals surface area contributed by atoms with E-state index in [2.05, 4.69) is 28.2 Å². The smallest absolute Gasteiger partial charge is 0.261 e. The predicted octanol–water partition coefficient (Wildman–Crippen LogP) is 2.00. The first-order chi connectivity index (χ1) is 20.2. The fourth-order valence-corrected chi connectivity index (χ4v) is 6.96. The molecule has 5 aromatic carbocycles. The number of carbonyl (C=O) groups is 4. The number of benzene rings is 5. The molecule has 8 nitrogen and oxygen atoms in total. The van der Waals surface area contributed by atoms with Crippen molar-refractivity contribution in [2.75, 3.05) is 54.4 Å². The average Bonchev–Trinajstić information content (AvgIpc) is 2.97. The van der Waals surface area contributed by atoms with E-state index in [-0.39, 0.29) is 23.6 Å². The third kappa shape index (κ3) is 3.68. The first kappa shape index (κ1) is 26.5. The summed E-state index contributed by atoms with van der Waals surface area (Å²) in [6.07, 6.45) is 1.47. The summed E-state index contributed by atoms with van der Waals surface area (Å²) < 4.78 is 0. The van der Waals surface area contributed by atoms with Crippen LogP contribution < -0.4 is 9.80 Å². The van der Waals surface area contributed by atoms with Crippen LogP contribution >= 0.6 is 0 Å². The maximum Gasteiger partial charge on any atom is 0.261 e. The highest BCUT2D eigenvalue weighted by molar-refractivity contribution is 6.41. The number of nitrogens with zero attached hydrogens (tertiary/aromatic N) is 2. The van der Waals surface area contributed by atoms with E-state index in [1.807, 2.05) is 48.5 Å². The Kier molecular flexibility index (Phi) is 6.04. The van der Waals surface area contributed by atoms with Crippen molar-refractivity contribution in [1.82, 2.24) is 9.80 Å². The Morgan fingerprint density at radius 2 is 0.738 bits per heavy atom. The van der Waals surface area contributed by atoms with Crippen molar-refractivity contribution in [2.45, 2.75) is 12.8 Å². The highest BCUT2D eigenvalue weighted by Crippen LogP contribution is 2.46. The monoisotopic (exact) mass is 562 g/mol. The normalized spacial score (nSPS) is 15.3. The SMILES string of the molecule is C[NH+](C)CCCN1C(=O)c2ccc3c4ccc5c6c(ccc(c7ccc(c2c37)C1=O)c64)C(=O)N(CCC[NH+](C)C)C5=O. The fourth-order valence-electron chi connectivity index (χ4n) is 6.96. The predicted molar refractivity (Wildman–Crippen MR) is 163 cm³/mol. The molecule has 7 rings (SSSR count). The minimum Gasteiger partial charge on any atom is -0.340 e. The molecule has 212 valence electrons. The lowest BCUT2D eigenvalue weighted by Gasteiger charge is -2.30. The van der Waals surface area contributed by atoms with Crippen LogP contribution in [0, 0.1) is 0 Å². The molecule has 0 bridgehead atoms. The van der Waals surface area contributed by atoms with Crippen LogP contribution in [0.3, 0.4) is 0 Å². The Bertz CT molecular complexity index is 1730. The van der Waals surface area contributed by atoms with Crippen molar-refractivity contribution < 1.29 is 29.0 Å². The first-order valence-electron chi connectivity index (χ1n) is 14.7. The van der Waals surface area contributed by atoms with Crippen molar-refractivity contribution in [3.05, 3.63) is 70.8 Å². The molecular weight excluding hydrogens is 528 g/mol. The maximum atomic E-state index is 13.6. The minimum atomic E-state index is -0.256. The number of hydrogen-bond acceptors (Lipinski definition) is 4. The summed E-state index contributed by atoms with van der Waals surface area (Å²) in [6, 6.07) is 15.1. The minimum absolute atomic E-state index is 0.256. The Hall–Kier alpha value is -4.40. The van der Waals surface area contributed by atoms with E-state index in [1.165, 1.54) is 19.6 Å². The molecule has 2 N–H and O–H groups in total. The van der Waals surface area contributed by atoms with E-state index in [0.29, 0.717) is 46.1 Å². The molecule has 0 unspecified atom stereocenters. The summed E-state index contributed by atoms with van der Waals surface area (Å²) in [5.41, 5.74) is 2.16. The lowest BCUT2D eigenvalue weighted by molar-refractivity contribution is -0.858.